The first-order chi connectivity index (χ1) is 13.9. The normalized spacial score (nSPS) is 11.2. The number of fused-ring (bicyclic) bond motifs is 1. The number of hydrogen-bond donors (Lipinski definition) is 1. The fraction of sp³-hybridized carbons (Fsp3) is 0.400. The molecule has 4 heteroatoms. The maximum Gasteiger partial charge on any atom is 0.261 e. The first kappa shape index (κ1) is 21.1. The molecule has 2 heterocycles. The quantitative estimate of drug-likeness (QED) is 0.615. The molecule has 2 aromatic heterocycles. The van der Waals surface area contributed by atoms with Crippen molar-refractivity contribution >= 4 is 11.2 Å². The van der Waals surface area contributed by atoms with Gasteiger partial charge in [-0.15, -0.1) is 0 Å². The molecule has 154 valence electrons. The number of aliphatic hydroxyl groups is 1. The molecule has 4 nitrogen and oxygen atoms in total. The maximum atomic E-state index is 13.3. The van der Waals surface area contributed by atoms with Gasteiger partial charge < -0.3 is 10.0 Å². The van der Waals surface area contributed by atoms with E-state index >= 15 is 0 Å². The molecule has 0 saturated heterocycles. The van der Waals surface area contributed by atoms with Crippen LogP contribution in [0.4, 0.5) is 5.69 Å². The van der Waals surface area contributed by atoms with Crippen LogP contribution in [-0.2, 0) is 6.61 Å². The maximum absolute atomic E-state index is 13.3. The lowest BCUT2D eigenvalue weighted by atomic mass is 9.96. The Bertz CT molecular complexity index is 1050. The van der Waals surface area contributed by atoms with Crippen LogP contribution in [0.25, 0.3) is 16.8 Å². The van der Waals surface area contributed by atoms with Gasteiger partial charge in [-0.1, -0.05) is 37.6 Å². The van der Waals surface area contributed by atoms with E-state index in [0.717, 1.165) is 59.5 Å². The summed E-state index contributed by atoms with van der Waals surface area (Å²) < 4.78 is 1.80. The monoisotopic (exact) mass is 392 g/mol. The third kappa shape index (κ3) is 3.95. The Morgan fingerprint density at radius 1 is 0.966 bits per heavy atom. The van der Waals surface area contributed by atoms with E-state index in [-0.39, 0.29) is 12.2 Å². The summed E-state index contributed by atoms with van der Waals surface area (Å²) in [5.74, 6) is 0. The highest BCUT2D eigenvalue weighted by Gasteiger charge is 2.18. The second-order valence-electron chi connectivity index (χ2n) is 7.91. The molecule has 0 aliphatic carbocycles. The summed E-state index contributed by atoms with van der Waals surface area (Å²) in [6.45, 7) is 12.2. The van der Waals surface area contributed by atoms with Crippen LogP contribution in [0.1, 0.15) is 48.9 Å². The lowest BCUT2D eigenvalue weighted by Crippen LogP contribution is -2.29. The Morgan fingerprint density at radius 2 is 1.59 bits per heavy atom. The number of aryl methyl sites for hydroxylation is 3. The second-order valence-corrected chi connectivity index (χ2v) is 7.91. The fourth-order valence-corrected chi connectivity index (χ4v) is 4.41. The zero-order chi connectivity index (χ0) is 21.1. The number of anilines is 1. The smallest absolute Gasteiger partial charge is 0.261 e. The van der Waals surface area contributed by atoms with Crippen LogP contribution in [0.3, 0.4) is 0 Å². The summed E-state index contributed by atoms with van der Waals surface area (Å²) in [7, 11) is 0. The van der Waals surface area contributed by atoms with Crippen LogP contribution < -0.4 is 10.5 Å². The predicted molar refractivity (Wildman–Crippen MR) is 122 cm³/mol. The average Bonchev–Trinajstić information content (AvgIpc) is 2.67. The van der Waals surface area contributed by atoms with Gasteiger partial charge in [0.2, 0.25) is 0 Å². The largest absolute Gasteiger partial charge is 0.391 e. The molecule has 0 spiro atoms. The molecular formula is C25H32N2O2. The van der Waals surface area contributed by atoms with Crippen molar-refractivity contribution in [1.82, 2.24) is 4.40 Å². The van der Waals surface area contributed by atoms with Crippen molar-refractivity contribution in [1.29, 1.82) is 0 Å². The van der Waals surface area contributed by atoms with E-state index in [2.05, 4.69) is 51.7 Å². The van der Waals surface area contributed by atoms with Crippen molar-refractivity contribution < 1.29 is 5.11 Å². The standard InChI is InChI=1S/C25H32N2O2/c1-6-11-26(12-7-2)23-15-20(16-28)25(29)27-21(23)9-8-10-22(27)24-18(4)13-17(3)14-19(24)5/h8-10,13-15,28H,6-7,11-12,16H2,1-5H3. The van der Waals surface area contributed by atoms with Crippen LogP contribution in [0.2, 0.25) is 0 Å². The fourth-order valence-electron chi connectivity index (χ4n) is 4.41. The Balaban J connectivity index is 2.41. The molecule has 3 aromatic rings. The number of aliphatic hydroxyl groups excluding tert-OH is 1. The van der Waals surface area contributed by atoms with E-state index in [1.165, 1.54) is 5.56 Å². The molecule has 0 bridgehead atoms. The van der Waals surface area contributed by atoms with Gasteiger partial charge in [0.1, 0.15) is 0 Å². The zero-order valence-corrected chi connectivity index (χ0v) is 18.2. The van der Waals surface area contributed by atoms with Crippen LogP contribution in [0.15, 0.2) is 41.2 Å². The molecule has 1 N–H and O–H groups in total. The van der Waals surface area contributed by atoms with E-state index in [0.29, 0.717) is 5.56 Å². The number of aromatic nitrogens is 1. The van der Waals surface area contributed by atoms with Crippen LogP contribution >= 0.6 is 0 Å². The van der Waals surface area contributed by atoms with E-state index < -0.39 is 0 Å². The van der Waals surface area contributed by atoms with Gasteiger partial charge in [0.15, 0.2) is 0 Å². The minimum Gasteiger partial charge on any atom is -0.391 e. The molecule has 0 aliphatic rings. The molecule has 29 heavy (non-hydrogen) atoms. The Kier molecular flexibility index (Phi) is 6.43. The van der Waals surface area contributed by atoms with E-state index in [4.69, 9.17) is 0 Å². The third-order valence-corrected chi connectivity index (χ3v) is 5.47. The van der Waals surface area contributed by atoms with Crippen LogP contribution in [0, 0.1) is 20.8 Å². The first-order valence-corrected chi connectivity index (χ1v) is 10.5. The summed E-state index contributed by atoms with van der Waals surface area (Å²) in [6, 6.07) is 12.2. The highest BCUT2D eigenvalue weighted by molar-refractivity contribution is 5.79. The van der Waals surface area contributed by atoms with Crippen molar-refractivity contribution in [3.8, 4) is 11.3 Å². The van der Waals surface area contributed by atoms with Crippen LogP contribution in [-0.4, -0.2) is 22.6 Å². The van der Waals surface area contributed by atoms with Gasteiger partial charge in [0, 0.05) is 24.2 Å². The molecule has 0 amide bonds. The van der Waals surface area contributed by atoms with Gasteiger partial charge in [-0.05, 0) is 62.9 Å². The molecule has 1 aromatic carbocycles. The Morgan fingerprint density at radius 3 is 2.14 bits per heavy atom. The number of rotatable bonds is 7. The van der Waals surface area contributed by atoms with E-state index in [1.807, 2.05) is 24.3 Å². The van der Waals surface area contributed by atoms with Crippen molar-refractivity contribution in [2.75, 3.05) is 18.0 Å². The molecule has 0 aliphatic heterocycles. The Labute approximate surface area is 173 Å². The van der Waals surface area contributed by atoms with Gasteiger partial charge in [-0.3, -0.25) is 9.20 Å². The molecule has 0 unspecified atom stereocenters. The highest BCUT2D eigenvalue weighted by Crippen LogP contribution is 2.31. The molecule has 0 atom stereocenters. The van der Waals surface area contributed by atoms with Crippen molar-refractivity contribution in [3.05, 3.63) is 69.0 Å². The van der Waals surface area contributed by atoms with Gasteiger partial charge in [-0.2, -0.15) is 0 Å². The topological polar surface area (TPSA) is 45.0 Å². The second kappa shape index (κ2) is 8.83. The summed E-state index contributed by atoms with van der Waals surface area (Å²) in [4.78, 5) is 15.6. The molecule has 0 fully saturated rings. The Hall–Kier alpha value is -2.59. The summed E-state index contributed by atoms with van der Waals surface area (Å²) >= 11 is 0. The molecule has 3 rings (SSSR count). The molecular weight excluding hydrogens is 360 g/mol. The molecule has 0 saturated carbocycles. The van der Waals surface area contributed by atoms with Gasteiger partial charge in [0.05, 0.1) is 23.5 Å². The van der Waals surface area contributed by atoms with Crippen molar-refractivity contribution in [3.63, 3.8) is 0 Å². The third-order valence-electron chi connectivity index (χ3n) is 5.47. The first-order valence-electron chi connectivity index (χ1n) is 10.5. The molecule has 0 radical (unpaired) electrons. The summed E-state index contributed by atoms with van der Waals surface area (Å²) in [5, 5.41) is 9.92. The van der Waals surface area contributed by atoms with E-state index in [9.17, 15) is 9.90 Å². The zero-order valence-electron chi connectivity index (χ0n) is 18.2. The minimum absolute atomic E-state index is 0.144. The minimum atomic E-state index is -0.263. The average molecular weight is 393 g/mol. The van der Waals surface area contributed by atoms with Gasteiger partial charge in [0.25, 0.3) is 5.56 Å². The van der Waals surface area contributed by atoms with Gasteiger partial charge in [-0.25, -0.2) is 0 Å². The lowest BCUT2D eigenvalue weighted by molar-refractivity contribution is 0.280. The number of benzene rings is 1. The van der Waals surface area contributed by atoms with Crippen molar-refractivity contribution in [2.24, 2.45) is 0 Å². The van der Waals surface area contributed by atoms with Crippen molar-refractivity contribution in [2.45, 2.75) is 54.1 Å². The SMILES string of the molecule is CCCN(CCC)c1cc(CO)c(=O)n2c(-c3c(C)cc(C)cc3C)cccc12. The number of nitrogens with zero attached hydrogens (tertiary/aromatic N) is 2. The number of hydrogen-bond acceptors (Lipinski definition) is 3. The summed E-state index contributed by atoms with van der Waals surface area (Å²) in [6.07, 6.45) is 2.05. The highest BCUT2D eigenvalue weighted by atomic mass is 16.3. The lowest BCUT2D eigenvalue weighted by Gasteiger charge is -2.27. The van der Waals surface area contributed by atoms with Crippen LogP contribution in [0.5, 0.6) is 0 Å². The summed E-state index contributed by atoms with van der Waals surface area (Å²) in [5.41, 5.74) is 7.68. The van der Waals surface area contributed by atoms with E-state index in [1.54, 1.807) is 4.40 Å². The predicted octanol–water partition coefficient (Wildman–Crippen LogP) is 5.01. The van der Waals surface area contributed by atoms with Gasteiger partial charge >= 0.3 is 0 Å². The number of pyridine rings is 2.